The van der Waals surface area contributed by atoms with Crippen molar-refractivity contribution in [2.24, 2.45) is 0 Å². The van der Waals surface area contributed by atoms with Crippen LogP contribution in [-0.2, 0) is 10.0 Å². The number of nitrogens with zero attached hydrogens (tertiary/aromatic N) is 2. The first-order valence-electron chi connectivity index (χ1n) is 6.70. The lowest BCUT2D eigenvalue weighted by Gasteiger charge is -2.18. The lowest BCUT2D eigenvalue weighted by molar-refractivity contribution is 0.599. The molecular weight excluding hydrogens is 308 g/mol. The van der Waals surface area contributed by atoms with Gasteiger partial charge in [-0.25, -0.2) is 13.4 Å². The van der Waals surface area contributed by atoms with Crippen LogP contribution in [0.15, 0.2) is 36.5 Å². The van der Waals surface area contributed by atoms with Crippen molar-refractivity contribution in [3.8, 4) is 11.1 Å². The van der Waals surface area contributed by atoms with Crippen LogP contribution < -0.4 is 4.31 Å². The molecule has 0 amide bonds. The molecular formula is C15H15ClN2O2S. The van der Waals surface area contributed by atoms with Crippen LogP contribution in [0, 0.1) is 6.92 Å². The third kappa shape index (κ3) is 2.76. The van der Waals surface area contributed by atoms with Crippen LogP contribution in [-0.4, -0.2) is 25.7 Å². The molecule has 0 saturated carbocycles. The predicted molar refractivity (Wildman–Crippen MR) is 85.2 cm³/mol. The van der Waals surface area contributed by atoms with Gasteiger partial charge in [0.2, 0.25) is 10.0 Å². The van der Waals surface area contributed by atoms with E-state index in [0.717, 1.165) is 22.4 Å². The van der Waals surface area contributed by atoms with Gasteiger partial charge in [-0.15, -0.1) is 0 Å². The molecule has 4 nitrogen and oxygen atoms in total. The summed E-state index contributed by atoms with van der Waals surface area (Å²) < 4.78 is 25.4. The summed E-state index contributed by atoms with van der Waals surface area (Å²) in [7, 11) is -3.14. The van der Waals surface area contributed by atoms with E-state index in [0.29, 0.717) is 18.1 Å². The van der Waals surface area contributed by atoms with Gasteiger partial charge in [-0.2, -0.15) is 0 Å². The molecule has 1 fully saturated rings. The monoisotopic (exact) mass is 322 g/mol. The normalized spacial score (nSPS) is 17.1. The topological polar surface area (TPSA) is 50.3 Å². The highest BCUT2D eigenvalue weighted by Gasteiger charge is 2.28. The van der Waals surface area contributed by atoms with Crippen LogP contribution >= 0.6 is 11.6 Å². The maximum atomic E-state index is 12.0. The summed E-state index contributed by atoms with van der Waals surface area (Å²) >= 11 is 5.80. The number of aromatic nitrogens is 1. The molecule has 0 bridgehead atoms. The van der Waals surface area contributed by atoms with Gasteiger partial charge < -0.3 is 0 Å². The summed E-state index contributed by atoms with van der Waals surface area (Å²) in [5.74, 6) is 0.231. The van der Waals surface area contributed by atoms with E-state index in [1.807, 2.05) is 31.2 Å². The molecule has 0 aliphatic carbocycles. The van der Waals surface area contributed by atoms with Gasteiger partial charge in [-0.05, 0) is 48.7 Å². The fourth-order valence-corrected chi connectivity index (χ4v) is 4.26. The number of halogens is 1. The van der Waals surface area contributed by atoms with Gasteiger partial charge in [0.05, 0.1) is 11.4 Å². The molecule has 2 aromatic rings. The molecule has 1 aromatic carbocycles. The Hall–Kier alpha value is -1.59. The lowest BCUT2D eigenvalue weighted by Crippen LogP contribution is -2.25. The van der Waals surface area contributed by atoms with E-state index in [4.69, 9.17) is 11.6 Å². The fourth-order valence-electron chi connectivity index (χ4n) is 2.59. The van der Waals surface area contributed by atoms with Gasteiger partial charge in [0, 0.05) is 18.3 Å². The van der Waals surface area contributed by atoms with Gasteiger partial charge in [0.1, 0.15) is 5.15 Å². The Bertz CT molecular complexity index is 773. The van der Waals surface area contributed by atoms with E-state index >= 15 is 0 Å². The maximum Gasteiger partial charge on any atom is 0.235 e. The van der Waals surface area contributed by atoms with E-state index < -0.39 is 10.0 Å². The molecule has 0 N–H and O–H groups in total. The van der Waals surface area contributed by atoms with Crippen molar-refractivity contribution in [3.63, 3.8) is 0 Å². The average molecular weight is 323 g/mol. The number of sulfonamides is 1. The SMILES string of the molecule is Cc1cc(N2CCCS2(=O)=O)ccc1-c1ccc(Cl)nc1. The molecule has 2 heterocycles. The standard InChI is InChI=1S/C15H15ClN2O2S/c1-11-9-13(18-7-2-8-21(18,19)20)4-5-14(11)12-3-6-15(16)17-10-12/h3-6,9-10H,2,7-8H2,1H3. The van der Waals surface area contributed by atoms with E-state index in [1.165, 1.54) is 4.31 Å². The molecule has 1 saturated heterocycles. The largest absolute Gasteiger partial charge is 0.270 e. The molecule has 0 radical (unpaired) electrons. The van der Waals surface area contributed by atoms with Crippen molar-refractivity contribution in [1.29, 1.82) is 0 Å². The summed E-state index contributed by atoms with van der Waals surface area (Å²) in [4.78, 5) is 4.08. The Morgan fingerprint density at radius 1 is 1.24 bits per heavy atom. The minimum absolute atomic E-state index is 0.231. The Morgan fingerprint density at radius 3 is 2.62 bits per heavy atom. The number of pyridine rings is 1. The third-order valence-corrected chi connectivity index (χ3v) is 5.73. The molecule has 110 valence electrons. The Labute approximate surface area is 129 Å². The van der Waals surface area contributed by atoms with Crippen LogP contribution in [0.3, 0.4) is 0 Å². The van der Waals surface area contributed by atoms with E-state index in [1.54, 1.807) is 12.3 Å². The first-order valence-corrected chi connectivity index (χ1v) is 8.69. The Kier molecular flexibility index (Phi) is 3.63. The minimum atomic E-state index is -3.14. The second-order valence-electron chi connectivity index (χ2n) is 5.11. The highest BCUT2D eigenvalue weighted by atomic mass is 35.5. The Balaban J connectivity index is 1.99. The predicted octanol–water partition coefficient (Wildman–Crippen LogP) is 3.25. The minimum Gasteiger partial charge on any atom is -0.270 e. The highest BCUT2D eigenvalue weighted by molar-refractivity contribution is 7.93. The number of benzene rings is 1. The summed E-state index contributed by atoms with van der Waals surface area (Å²) in [6, 6.07) is 9.34. The first kappa shape index (κ1) is 14.4. The smallest absolute Gasteiger partial charge is 0.235 e. The van der Waals surface area contributed by atoms with Crippen molar-refractivity contribution >= 4 is 27.3 Å². The number of rotatable bonds is 2. The van der Waals surface area contributed by atoms with Crippen LogP contribution in [0.2, 0.25) is 5.15 Å². The summed E-state index contributed by atoms with van der Waals surface area (Å²) in [5.41, 5.74) is 3.74. The van der Waals surface area contributed by atoms with Crippen LogP contribution in [0.5, 0.6) is 0 Å². The molecule has 1 aromatic heterocycles. The van der Waals surface area contributed by atoms with Crippen molar-refractivity contribution < 1.29 is 8.42 Å². The zero-order valence-corrected chi connectivity index (χ0v) is 13.2. The fraction of sp³-hybridized carbons (Fsp3) is 0.267. The van der Waals surface area contributed by atoms with E-state index in [2.05, 4.69) is 4.98 Å². The summed E-state index contributed by atoms with van der Waals surface area (Å²) in [6.45, 7) is 2.53. The quantitative estimate of drug-likeness (QED) is 0.797. The molecule has 21 heavy (non-hydrogen) atoms. The molecule has 0 unspecified atom stereocenters. The van der Waals surface area contributed by atoms with Crippen molar-refractivity contribution in [3.05, 3.63) is 47.2 Å². The zero-order valence-electron chi connectivity index (χ0n) is 11.6. The van der Waals surface area contributed by atoms with Crippen LogP contribution in [0.1, 0.15) is 12.0 Å². The zero-order chi connectivity index (χ0) is 15.0. The molecule has 1 aliphatic rings. The summed E-state index contributed by atoms with van der Waals surface area (Å²) in [5, 5.41) is 0.455. The molecule has 0 spiro atoms. The van der Waals surface area contributed by atoms with Crippen LogP contribution in [0.4, 0.5) is 5.69 Å². The number of aryl methyl sites for hydroxylation is 1. The second-order valence-corrected chi connectivity index (χ2v) is 7.51. The van der Waals surface area contributed by atoms with Gasteiger partial charge >= 0.3 is 0 Å². The molecule has 3 rings (SSSR count). The number of anilines is 1. The molecule has 6 heteroatoms. The van der Waals surface area contributed by atoms with Crippen molar-refractivity contribution in [2.45, 2.75) is 13.3 Å². The average Bonchev–Trinajstić information content (AvgIpc) is 2.79. The van der Waals surface area contributed by atoms with E-state index in [-0.39, 0.29) is 5.75 Å². The van der Waals surface area contributed by atoms with Crippen molar-refractivity contribution in [2.75, 3.05) is 16.6 Å². The van der Waals surface area contributed by atoms with Gasteiger partial charge in [-0.3, -0.25) is 4.31 Å². The van der Waals surface area contributed by atoms with Gasteiger partial charge in [-0.1, -0.05) is 17.7 Å². The number of hydrogen-bond acceptors (Lipinski definition) is 3. The van der Waals surface area contributed by atoms with Gasteiger partial charge in [0.15, 0.2) is 0 Å². The first-order chi connectivity index (χ1) is 9.97. The summed E-state index contributed by atoms with van der Waals surface area (Å²) in [6.07, 6.45) is 2.40. The third-order valence-electron chi connectivity index (χ3n) is 3.64. The molecule has 1 aliphatic heterocycles. The van der Waals surface area contributed by atoms with Crippen LogP contribution in [0.25, 0.3) is 11.1 Å². The van der Waals surface area contributed by atoms with Crippen molar-refractivity contribution in [1.82, 2.24) is 4.98 Å². The highest BCUT2D eigenvalue weighted by Crippen LogP contribution is 2.30. The second kappa shape index (κ2) is 5.31. The number of hydrogen-bond donors (Lipinski definition) is 0. The Morgan fingerprint density at radius 2 is 2.05 bits per heavy atom. The van der Waals surface area contributed by atoms with Gasteiger partial charge in [0.25, 0.3) is 0 Å². The lowest BCUT2D eigenvalue weighted by atomic mass is 10.0. The van der Waals surface area contributed by atoms with E-state index in [9.17, 15) is 8.42 Å². The maximum absolute atomic E-state index is 12.0. The molecule has 0 atom stereocenters.